The van der Waals surface area contributed by atoms with Gasteiger partial charge in [-0.05, 0) is 94.5 Å². The molecule has 0 radical (unpaired) electrons. The van der Waals surface area contributed by atoms with E-state index < -0.39 is 24.2 Å². The maximum Gasteiger partial charge on any atom is 0.135 e. The Labute approximate surface area is 261 Å². The molecule has 0 aromatic heterocycles. The predicted octanol–water partition coefficient (Wildman–Crippen LogP) is 12.0. The summed E-state index contributed by atoms with van der Waals surface area (Å²) in [7, 11) is 0. The zero-order valence-corrected chi connectivity index (χ0v) is 22.6. The molecule has 1 heteroatoms. The number of benzene rings is 9. The summed E-state index contributed by atoms with van der Waals surface area (Å²) in [6.45, 7) is 0. The Balaban J connectivity index is 1.28. The molecule has 0 fully saturated rings. The van der Waals surface area contributed by atoms with E-state index in [1.165, 1.54) is 0 Å². The van der Waals surface area contributed by atoms with Gasteiger partial charge >= 0.3 is 0 Å². The minimum Gasteiger partial charge on any atom is -0.456 e. The van der Waals surface area contributed by atoms with E-state index in [-0.39, 0.29) is 68.1 Å². The van der Waals surface area contributed by atoms with Crippen molar-refractivity contribution >= 4 is 53.9 Å². The van der Waals surface area contributed by atoms with Crippen LogP contribution in [-0.2, 0) is 0 Å². The van der Waals surface area contributed by atoms with Gasteiger partial charge in [0.25, 0.3) is 0 Å². The van der Waals surface area contributed by atoms with E-state index >= 15 is 0 Å². The third-order valence-electron chi connectivity index (χ3n) is 8.67. The van der Waals surface area contributed by atoms with E-state index in [2.05, 4.69) is 24.3 Å². The van der Waals surface area contributed by atoms with E-state index in [0.29, 0.717) is 5.56 Å². The van der Waals surface area contributed by atoms with Crippen LogP contribution in [0, 0.1) is 0 Å². The summed E-state index contributed by atoms with van der Waals surface area (Å²) in [6.07, 6.45) is 0. The quantitative estimate of drug-likeness (QED) is 0.193. The summed E-state index contributed by atoms with van der Waals surface area (Å²) in [5.41, 5.74) is 4.69. The summed E-state index contributed by atoms with van der Waals surface area (Å²) in [5, 5.41) is 4.08. The van der Waals surface area contributed by atoms with Gasteiger partial charge in [-0.25, -0.2) is 0 Å². The van der Waals surface area contributed by atoms with Gasteiger partial charge in [0.1, 0.15) is 11.5 Å². The lowest BCUT2D eigenvalue weighted by atomic mass is 9.87. The molecule has 43 heavy (non-hydrogen) atoms. The molecule has 9 aromatic rings. The molecule has 0 atom stereocenters. The Morgan fingerprint density at radius 3 is 1.93 bits per heavy atom. The van der Waals surface area contributed by atoms with Gasteiger partial charge < -0.3 is 4.74 Å². The minimum absolute atomic E-state index is 0.0370. The van der Waals surface area contributed by atoms with Gasteiger partial charge in [0.05, 0.1) is 12.3 Å². The third kappa shape index (κ3) is 3.17. The topological polar surface area (TPSA) is 9.23 Å². The van der Waals surface area contributed by atoms with Crippen molar-refractivity contribution in [2.75, 3.05) is 0 Å². The average Bonchev–Trinajstić information content (AvgIpc) is 3.15. The molecule has 0 unspecified atom stereocenters. The molecular formula is C42H24O. The van der Waals surface area contributed by atoms with Crippen LogP contribution in [0.5, 0.6) is 11.5 Å². The minimum atomic E-state index is -0.490. The van der Waals surface area contributed by atoms with Crippen molar-refractivity contribution in [3.8, 4) is 44.9 Å². The number of ether oxygens (including phenoxy) is 1. The van der Waals surface area contributed by atoms with Gasteiger partial charge in [0, 0.05) is 10.9 Å². The van der Waals surface area contributed by atoms with Crippen LogP contribution in [-0.4, -0.2) is 0 Å². The van der Waals surface area contributed by atoms with Crippen molar-refractivity contribution in [1.82, 2.24) is 0 Å². The number of hydrogen-bond acceptors (Lipinski definition) is 1. The van der Waals surface area contributed by atoms with Crippen LogP contribution in [0.1, 0.15) is 12.3 Å². The van der Waals surface area contributed by atoms with Crippen molar-refractivity contribution in [3.05, 3.63) is 145 Å². The SMILES string of the molecule is [2H]c1c([2H])c2c([2H])c([2H])c3c([2H])c([2H])c(-c4cccc5c(-c6ccc7c(c6)-c6cccc8cccc(c68)O7)cccc45)c4c([2H])c([2H])c(c1[2H])c2c34. The molecule has 1 heterocycles. The molecule has 0 saturated heterocycles. The first-order valence-corrected chi connectivity index (χ1v) is 14.1. The molecular weight excluding hydrogens is 520 g/mol. The van der Waals surface area contributed by atoms with Crippen LogP contribution in [0.2, 0.25) is 0 Å². The fourth-order valence-corrected chi connectivity index (χ4v) is 6.78. The molecule has 198 valence electrons. The summed E-state index contributed by atoms with van der Waals surface area (Å²) < 4.78 is 86.6. The largest absolute Gasteiger partial charge is 0.456 e. The lowest BCUT2D eigenvalue weighted by Gasteiger charge is -2.22. The number of hydrogen-bond donors (Lipinski definition) is 0. The highest BCUT2D eigenvalue weighted by atomic mass is 16.5. The summed E-state index contributed by atoms with van der Waals surface area (Å²) in [5.74, 6) is 1.57. The van der Waals surface area contributed by atoms with Gasteiger partial charge in [-0.2, -0.15) is 0 Å². The molecule has 0 N–H and O–H groups in total. The maximum atomic E-state index is 9.32. The van der Waals surface area contributed by atoms with Crippen molar-refractivity contribution in [2.45, 2.75) is 0 Å². The van der Waals surface area contributed by atoms with E-state index in [1.807, 2.05) is 66.7 Å². The zero-order chi connectivity index (χ0) is 35.9. The molecule has 9 aromatic carbocycles. The highest BCUT2D eigenvalue weighted by molar-refractivity contribution is 6.26. The van der Waals surface area contributed by atoms with E-state index in [0.717, 1.165) is 55.3 Å². The normalized spacial score (nSPS) is 15.3. The number of rotatable bonds is 2. The first-order chi connectivity index (χ1) is 25.1. The van der Waals surface area contributed by atoms with Crippen molar-refractivity contribution in [2.24, 2.45) is 0 Å². The second-order valence-corrected chi connectivity index (χ2v) is 10.9. The fraction of sp³-hybridized carbons (Fsp3) is 0. The third-order valence-corrected chi connectivity index (χ3v) is 8.67. The summed E-state index contributed by atoms with van der Waals surface area (Å²) in [4.78, 5) is 0. The molecule has 0 spiro atoms. The monoisotopic (exact) mass is 553 g/mol. The van der Waals surface area contributed by atoms with E-state index in [4.69, 9.17) is 14.3 Å². The van der Waals surface area contributed by atoms with Gasteiger partial charge in [-0.1, -0.05) is 127 Å². The van der Waals surface area contributed by atoms with Crippen molar-refractivity contribution in [3.63, 3.8) is 0 Å². The fourth-order valence-electron chi connectivity index (χ4n) is 6.78. The van der Waals surface area contributed by atoms with Gasteiger partial charge in [-0.3, -0.25) is 0 Å². The second-order valence-electron chi connectivity index (χ2n) is 10.9. The van der Waals surface area contributed by atoms with Gasteiger partial charge in [0.2, 0.25) is 0 Å². The smallest absolute Gasteiger partial charge is 0.135 e. The second kappa shape index (κ2) is 8.44. The van der Waals surface area contributed by atoms with Gasteiger partial charge in [-0.15, -0.1) is 0 Å². The first-order valence-electron chi connectivity index (χ1n) is 18.6. The first kappa shape index (κ1) is 16.1. The van der Waals surface area contributed by atoms with E-state index in [9.17, 15) is 2.74 Å². The highest BCUT2D eigenvalue weighted by Gasteiger charge is 2.21. The molecule has 1 aliphatic heterocycles. The molecule has 0 saturated carbocycles. The van der Waals surface area contributed by atoms with Crippen LogP contribution in [0.15, 0.2) is 145 Å². The molecule has 0 aliphatic carbocycles. The van der Waals surface area contributed by atoms with Crippen LogP contribution in [0.4, 0.5) is 0 Å². The Morgan fingerprint density at radius 1 is 0.395 bits per heavy atom. The maximum absolute atomic E-state index is 9.32. The zero-order valence-electron chi connectivity index (χ0n) is 31.6. The summed E-state index contributed by atoms with van der Waals surface area (Å²) >= 11 is 0. The van der Waals surface area contributed by atoms with Crippen molar-refractivity contribution in [1.29, 1.82) is 0 Å². The highest BCUT2D eigenvalue weighted by Crippen LogP contribution is 2.48. The van der Waals surface area contributed by atoms with Crippen LogP contribution >= 0.6 is 0 Å². The van der Waals surface area contributed by atoms with Crippen LogP contribution < -0.4 is 4.74 Å². The lowest BCUT2D eigenvalue weighted by Crippen LogP contribution is -1.97. The lowest BCUT2D eigenvalue weighted by molar-refractivity contribution is 0.487. The Kier molecular flexibility index (Phi) is 3.16. The Hall–Kier alpha value is -5.66. The summed E-state index contributed by atoms with van der Waals surface area (Å²) in [6, 6.07) is 26.6. The van der Waals surface area contributed by atoms with Crippen LogP contribution in [0.25, 0.3) is 87.2 Å². The molecule has 1 aliphatic rings. The van der Waals surface area contributed by atoms with E-state index in [1.54, 1.807) is 0 Å². The Morgan fingerprint density at radius 2 is 1.07 bits per heavy atom. The van der Waals surface area contributed by atoms with Crippen LogP contribution in [0.3, 0.4) is 0 Å². The molecule has 0 bridgehead atoms. The molecule has 0 amide bonds. The average molecular weight is 554 g/mol. The van der Waals surface area contributed by atoms with Gasteiger partial charge in [0.15, 0.2) is 0 Å². The molecule has 1 nitrogen and oxygen atoms in total. The molecule has 10 rings (SSSR count). The Bertz CT molecular complexity index is 3070. The number of fused-ring (bicyclic) bond motifs is 3. The predicted molar refractivity (Wildman–Crippen MR) is 182 cm³/mol. The van der Waals surface area contributed by atoms with Crippen molar-refractivity contribution < 1.29 is 17.1 Å². The standard InChI is InChI=1S/C42H24O/c1-6-26-16-17-28-18-21-34(36-22-19-27(7-1)40(26)42(28)36)33-13-5-11-31-30(10-4-12-32(31)33)29-20-23-38-37(24-29)35-14-2-8-25-9-3-15-39(43-38)41(25)35/h1-24H/i1D,6D,7D,16D,17D,18D,19D,21D,22D.